The van der Waals surface area contributed by atoms with Gasteiger partial charge in [-0.15, -0.1) is 0 Å². The minimum Gasteiger partial charge on any atom is -0.726 e. The lowest BCUT2D eigenvalue weighted by Crippen LogP contribution is -2.46. The molecule has 2 unspecified atom stereocenters. The molecule has 2 rings (SSSR count). The van der Waals surface area contributed by atoms with Crippen molar-refractivity contribution < 1.29 is 43.8 Å². The second kappa shape index (κ2) is 8.51. The van der Waals surface area contributed by atoms with Crippen LogP contribution in [0.15, 0.2) is 30.3 Å². The van der Waals surface area contributed by atoms with Crippen LogP contribution in [0.5, 0.6) is 0 Å². The predicted molar refractivity (Wildman–Crippen MR) is 79.6 cm³/mol. The van der Waals surface area contributed by atoms with Gasteiger partial charge >= 0.3 is 0 Å². The Kier molecular flexibility index (Phi) is 6.87. The molecule has 1 heterocycles. The minimum atomic E-state index is -4.98. The molecule has 25 heavy (non-hydrogen) atoms. The van der Waals surface area contributed by atoms with Gasteiger partial charge in [0.2, 0.25) is 20.8 Å². The summed E-state index contributed by atoms with van der Waals surface area (Å²) in [5.74, 6) is 0. The third kappa shape index (κ3) is 7.75. The Morgan fingerprint density at radius 2 is 1.72 bits per heavy atom. The Bertz CT molecular complexity index is 746. The van der Waals surface area contributed by atoms with E-state index in [1.54, 1.807) is 24.3 Å². The molecule has 0 aromatic heterocycles. The van der Waals surface area contributed by atoms with E-state index in [0.29, 0.717) is 0 Å². The first-order chi connectivity index (χ1) is 11.6. The zero-order valence-corrected chi connectivity index (χ0v) is 14.5. The summed E-state index contributed by atoms with van der Waals surface area (Å²) in [6.45, 7) is -0.778. The van der Waals surface area contributed by atoms with Gasteiger partial charge in [0.1, 0.15) is 6.10 Å². The first kappa shape index (κ1) is 20.2. The van der Waals surface area contributed by atoms with E-state index < -0.39 is 45.7 Å². The van der Waals surface area contributed by atoms with Gasteiger partial charge < -0.3 is 18.6 Å². The molecule has 0 amide bonds. The fourth-order valence-electron chi connectivity index (χ4n) is 2.29. The summed E-state index contributed by atoms with van der Waals surface area (Å²) in [5.41, 5.74) is 0.799. The fourth-order valence-corrected chi connectivity index (χ4v) is 3.09. The molecule has 3 atom stereocenters. The van der Waals surface area contributed by atoms with Gasteiger partial charge in [0.25, 0.3) is 0 Å². The average molecular weight is 396 g/mol. The Morgan fingerprint density at radius 3 is 2.32 bits per heavy atom. The highest BCUT2D eigenvalue weighted by Crippen LogP contribution is 2.23. The zero-order chi connectivity index (χ0) is 18.5. The van der Waals surface area contributed by atoms with Crippen molar-refractivity contribution in [2.45, 2.75) is 31.3 Å². The van der Waals surface area contributed by atoms with Crippen LogP contribution in [-0.2, 0) is 45.2 Å². The van der Waals surface area contributed by atoms with E-state index in [4.69, 9.17) is 9.47 Å². The summed E-state index contributed by atoms with van der Waals surface area (Å²) in [5, 5.41) is 0. The Hall–Kier alpha value is -1.12. The SMILES string of the molecule is O=S(=O)([O-])OCC1C[C@@H](OCc2ccccc2)C(OS(=O)(=O)[O-])CO1. The van der Waals surface area contributed by atoms with Crippen molar-refractivity contribution in [2.24, 2.45) is 0 Å². The molecule has 0 radical (unpaired) electrons. The maximum atomic E-state index is 10.8. The van der Waals surface area contributed by atoms with Gasteiger partial charge in [-0.25, -0.2) is 16.8 Å². The van der Waals surface area contributed by atoms with Crippen LogP contribution in [0, 0.1) is 0 Å². The van der Waals surface area contributed by atoms with Crippen molar-refractivity contribution in [1.82, 2.24) is 0 Å². The van der Waals surface area contributed by atoms with E-state index >= 15 is 0 Å². The summed E-state index contributed by atoms with van der Waals surface area (Å²) >= 11 is 0. The summed E-state index contributed by atoms with van der Waals surface area (Å²) in [6, 6.07) is 8.95. The third-order valence-corrected chi connectivity index (χ3v) is 4.26. The molecule has 1 aromatic rings. The van der Waals surface area contributed by atoms with Gasteiger partial charge in [-0.2, -0.15) is 0 Å². The van der Waals surface area contributed by atoms with Crippen LogP contribution in [0.2, 0.25) is 0 Å². The summed E-state index contributed by atoms with van der Waals surface area (Å²) in [6.07, 6.45) is -2.92. The van der Waals surface area contributed by atoms with Gasteiger partial charge in [-0.1, -0.05) is 30.3 Å². The highest BCUT2D eigenvalue weighted by atomic mass is 32.3. The van der Waals surface area contributed by atoms with E-state index in [9.17, 15) is 25.9 Å². The smallest absolute Gasteiger partial charge is 0.218 e. The molecule has 0 aliphatic carbocycles. The predicted octanol–water partition coefficient (Wildman–Crippen LogP) is -0.317. The quantitative estimate of drug-likeness (QED) is 0.422. The van der Waals surface area contributed by atoms with Crippen molar-refractivity contribution in [3.63, 3.8) is 0 Å². The van der Waals surface area contributed by atoms with Crippen LogP contribution >= 0.6 is 0 Å². The van der Waals surface area contributed by atoms with Crippen molar-refractivity contribution >= 4 is 20.8 Å². The van der Waals surface area contributed by atoms with E-state index in [0.717, 1.165) is 5.56 Å². The van der Waals surface area contributed by atoms with Crippen molar-refractivity contribution in [3.05, 3.63) is 35.9 Å². The highest BCUT2D eigenvalue weighted by molar-refractivity contribution is 7.81. The molecule has 0 saturated carbocycles. The fraction of sp³-hybridized carbons (Fsp3) is 0.538. The number of rotatable bonds is 8. The van der Waals surface area contributed by atoms with Crippen LogP contribution in [0.4, 0.5) is 0 Å². The van der Waals surface area contributed by atoms with Gasteiger partial charge in [0.15, 0.2) is 0 Å². The largest absolute Gasteiger partial charge is 0.726 e. The molecule has 1 aliphatic heterocycles. The molecule has 1 aliphatic rings. The van der Waals surface area contributed by atoms with Gasteiger partial charge in [-0.05, 0) is 5.56 Å². The standard InChI is InChI=1S/C13H18O10S2/c14-24(15,16)22-8-11-6-12(13(9-20-11)23-25(17,18)19)21-7-10-4-2-1-3-5-10/h1-5,11-13H,6-9H2,(H,14,15,16)(H,17,18,19)/p-2/t11?,12-,13?/m1/s1. The Balaban J connectivity index is 2.00. The lowest BCUT2D eigenvalue weighted by atomic mass is 10.0. The number of ether oxygens (including phenoxy) is 2. The molecule has 1 saturated heterocycles. The molecule has 12 heteroatoms. The molecule has 1 fully saturated rings. The third-order valence-electron chi connectivity index (χ3n) is 3.35. The Morgan fingerprint density at radius 1 is 1.04 bits per heavy atom. The van der Waals surface area contributed by atoms with Crippen LogP contribution < -0.4 is 0 Å². The number of hydrogen-bond acceptors (Lipinski definition) is 10. The number of hydrogen-bond donors (Lipinski definition) is 0. The zero-order valence-electron chi connectivity index (χ0n) is 12.8. The molecule has 142 valence electrons. The molecule has 10 nitrogen and oxygen atoms in total. The van der Waals surface area contributed by atoms with Gasteiger partial charge in [0, 0.05) is 6.42 Å². The molecular weight excluding hydrogens is 380 g/mol. The first-order valence-corrected chi connectivity index (χ1v) is 9.80. The second-order valence-corrected chi connectivity index (χ2v) is 7.32. The minimum absolute atomic E-state index is 0.0253. The van der Waals surface area contributed by atoms with Crippen LogP contribution in [0.3, 0.4) is 0 Å². The average Bonchev–Trinajstić information content (AvgIpc) is 2.51. The number of benzene rings is 1. The maximum absolute atomic E-state index is 10.8. The molecule has 0 spiro atoms. The van der Waals surface area contributed by atoms with Crippen LogP contribution in [0.1, 0.15) is 12.0 Å². The topological polar surface area (TPSA) is 151 Å². The van der Waals surface area contributed by atoms with Crippen LogP contribution in [0.25, 0.3) is 0 Å². The summed E-state index contributed by atoms with van der Waals surface area (Å²) in [7, 11) is -9.87. The lowest BCUT2D eigenvalue weighted by molar-refractivity contribution is -0.145. The van der Waals surface area contributed by atoms with E-state index in [-0.39, 0.29) is 19.6 Å². The lowest BCUT2D eigenvalue weighted by Gasteiger charge is -2.35. The van der Waals surface area contributed by atoms with Crippen molar-refractivity contribution in [3.8, 4) is 0 Å². The van der Waals surface area contributed by atoms with Crippen LogP contribution in [-0.4, -0.2) is 57.5 Å². The van der Waals surface area contributed by atoms with E-state index in [1.807, 2.05) is 6.07 Å². The van der Waals surface area contributed by atoms with Crippen molar-refractivity contribution in [1.29, 1.82) is 0 Å². The second-order valence-electron chi connectivity index (χ2n) is 5.26. The van der Waals surface area contributed by atoms with E-state index in [2.05, 4.69) is 8.37 Å². The first-order valence-electron chi connectivity index (χ1n) is 7.14. The van der Waals surface area contributed by atoms with E-state index in [1.165, 1.54) is 0 Å². The normalized spacial score (nSPS) is 25.0. The van der Waals surface area contributed by atoms with Gasteiger partial charge in [-0.3, -0.25) is 8.37 Å². The van der Waals surface area contributed by atoms with Gasteiger partial charge in [0.05, 0.1) is 32.0 Å². The monoisotopic (exact) mass is 396 g/mol. The molecule has 0 bridgehead atoms. The molecule has 1 aromatic carbocycles. The van der Waals surface area contributed by atoms with Crippen molar-refractivity contribution in [2.75, 3.05) is 13.2 Å². The molecule has 0 N–H and O–H groups in total. The highest BCUT2D eigenvalue weighted by Gasteiger charge is 2.34. The summed E-state index contributed by atoms with van der Waals surface area (Å²) < 4.78 is 83.3. The summed E-state index contributed by atoms with van der Waals surface area (Å²) in [4.78, 5) is 0. The maximum Gasteiger partial charge on any atom is 0.218 e. The Labute approximate surface area is 145 Å². The molecular formula is C13H16O10S2-2.